The van der Waals surface area contributed by atoms with E-state index < -0.39 is 28.9 Å². The normalized spacial score (nSPS) is 17.6. The smallest absolute Gasteiger partial charge is 0.176 e. The molecule has 2 aromatic carbocycles. The van der Waals surface area contributed by atoms with E-state index in [0.29, 0.717) is 6.42 Å². The summed E-state index contributed by atoms with van der Waals surface area (Å²) >= 11 is 0. The minimum absolute atomic E-state index is 0.408. The lowest BCUT2D eigenvalue weighted by Crippen LogP contribution is -2.20. The van der Waals surface area contributed by atoms with Crippen LogP contribution in [0.15, 0.2) is 42.5 Å². The van der Waals surface area contributed by atoms with Crippen molar-refractivity contribution < 1.29 is 13.6 Å². The van der Waals surface area contributed by atoms with E-state index in [1.807, 2.05) is 24.3 Å². The average molecular weight is 272 g/mol. The standard InChI is InChI=1S/C17H14F2O/c18-14-9-4-10-15(19)16(14)17(20)13-8-3-6-11-5-1-2-7-12(11)13/h1-2,4-5,7,9-10,13H,3,6,8H2. The van der Waals surface area contributed by atoms with Gasteiger partial charge in [0.15, 0.2) is 5.78 Å². The fourth-order valence-electron chi connectivity index (χ4n) is 2.93. The Balaban J connectivity index is 2.05. The molecule has 0 fully saturated rings. The highest BCUT2D eigenvalue weighted by molar-refractivity contribution is 6.01. The molecule has 3 rings (SSSR count). The third kappa shape index (κ3) is 2.13. The predicted molar refractivity (Wildman–Crippen MR) is 72.8 cm³/mol. The molecule has 0 N–H and O–H groups in total. The fourth-order valence-corrected chi connectivity index (χ4v) is 2.93. The fraction of sp³-hybridized carbons (Fsp3) is 0.235. The van der Waals surface area contributed by atoms with Crippen molar-refractivity contribution in [2.24, 2.45) is 0 Å². The van der Waals surface area contributed by atoms with Gasteiger partial charge in [-0.15, -0.1) is 0 Å². The van der Waals surface area contributed by atoms with Crippen LogP contribution in [0.4, 0.5) is 8.78 Å². The molecular weight excluding hydrogens is 258 g/mol. The first-order valence-electron chi connectivity index (χ1n) is 6.74. The SMILES string of the molecule is O=C(c1c(F)cccc1F)C1CCCc2ccccc21. The molecule has 0 aromatic heterocycles. The van der Waals surface area contributed by atoms with E-state index in [1.165, 1.54) is 6.07 Å². The van der Waals surface area contributed by atoms with Crippen molar-refractivity contribution >= 4 is 5.78 Å². The quantitative estimate of drug-likeness (QED) is 0.746. The van der Waals surface area contributed by atoms with E-state index in [1.54, 1.807) is 0 Å². The van der Waals surface area contributed by atoms with Crippen molar-refractivity contribution in [1.82, 2.24) is 0 Å². The molecule has 0 heterocycles. The van der Waals surface area contributed by atoms with Crippen LogP contribution in [0.25, 0.3) is 0 Å². The molecule has 102 valence electrons. The number of hydrogen-bond donors (Lipinski definition) is 0. The monoisotopic (exact) mass is 272 g/mol. The van der Waals surface area contributed by atoms with E-state index >= 15 is 0 Å². The molecule has 0 saturated carbocycles. The topological polar surface area (TPSA) is 17.1 Å². The van der Waals surface area contributed by atoms with Crippen molar-refractivity contribution in [3.05, 3.63) is 70.8 Å². The Bertz CT molecular complexity index is 644. The van der Waals surface area contributed by atoms with Crippen LogP contribution in [0.1, 0.15) is 40.2 Å². The summed E-state index contributed by atoms with van der Waals surface area (Å²) in [5.74, 6) is -2.45. The Morgan fingerprint density at radius 2 is 1.70 bits per heavy atom. The van der Waals surface area contributed by atoms with E-state index in [-0.39, 0.29) is 0 Å². The van der Waals surface area contributed by atoms with Gasteiger partial charge in [-0.25, -0.2) is 8.78 Å². The van der Waals surface area contributed by atoms with Crippen LogP contribution in [0, 0.1) is 11.6 Å². The summed E-state index contributed by atoms with van der Waals surface area (Å²) in [6.45, 7) is 0. The number of fused-ring (bicyclic) bond motifs is 1. The lowest BCUT2D eigenvalue weighted by atomic mass is 9.79. The van der Waals surface area contributed by atoms with Crippen molar-refractivity contribution in [3.8, 4) is 0 Å². The highest BCUT2D eigenvalue weighted by atomic mass is 19.1. The summed E-state index contributed by atoms with van der Waals surface area (Å²) in [7, 11) is 0. The molecule has 0 radical (unpaired) electrons. The van der Waals surface area contributed by atoms with Crippen LogP contribution >= 0.6 is 0 Å². The number of ketones is 1. The molecule has 0 amide bonds. The van der Waals surface area contributed by atoms with Crippen molar-refractivity contribution in [2.45, 2.75) is 25.2 Å². The van der Waals surface area contributed by atoms with Crippen LogP contribution < -0.4 is 0 Å². The molecule has 1 aliphatic rings. The molecule has 3 heteroatoms. The minimum Gasteiger partial charge on any atom is -0.293 e. The van der Waals surface area contributed by atoms with E-state index in [0.717, 1.165) is 36.1 Å². The molecule has 0 spiro atoms. The molecule has 20 heavy (non-hydrogen) atoms. The molecule has 1 nitrogen and oxygen atoms in total. The van der Waals surface area contributed by atoms with Gasteiger partial charge >= 0.3 is 0 Å². The summed E-state index contributed by atoms with van der Waals surface area (Å²) in [4.78, 5) is 12.5. The second kappa shape index (κ2) is 5.16. The number of rotatable bonds is 2. The van der Waals surface area contributed by atoms with Crippen LogP contribution in [0.5, 0.6) is 0 Å². The number of carbonyl (C=O) groups is 1. The Hall–Kier alpha value is -2.03. The minimum atomic E-state index is -0.780. The lowest BCUT2D eigenvalue weighted by Gasteiger charge is -2.24. The number of Topliss-reactive ketones (excluding diaryl/α,β-unsaturated/α-hetero) is 1. The number of hydrogen-bond acceptors (Lipinski definition) is 1. The third-order valence-electron chi connectivity index (χ3n) is 3.90. The van der Waals surface area contributed by atoms with Crippen molar-refractivity contribution in [1.29, 1.82) is 0 Å². The van der Waals surface area contributed by atoms with Gasteiger partial charge in [-0.1, -0.05) is 30.3 Å². The van der Waals surface area contributed by atoms with Crippen LogP contribution in [0.3, 0.4) is 0 Å². The first-order chi connectivity index (χ1) is 9.68. The molecule has 0 bridgehead atoms. The molecule has 1 aliphatic carbocycles. The molecule has 2 aromatic rings. The molecule has 0 aliphatic heterocycles. The zero-order chi connectivity index (χ0) is 14.1. The van der Waals surface area contributed by atoms with Crippen LogP contribution in [-0.4, -0.2) is 5.78 Å². The Kier molecular flexibility index (Phi) is 3.35. The van der Waals surface area contributed by atoms with Gasteiger partial charge < -0.3 is 0 Å². The zero-order valence-corrected chi connectivity index (χ0v) is 10.9. The second-order valence-electron chi connectivity index (χ2n) is 5.10. The van der Waals surface area contributed by atoms with Crippen molar-refractivity contribution in [2.75, 3.05) is 0 Å². The maximum absolute atomic E-state index is 13.8. The lowest BCUT2D eigenvalue weighted by molar-refractivity contribution is 0.0942. The average Bonchev–Trinajstić information content (AvgIpc) is 2.46. The molecule has 0 saturated heterocycles. The molecule has 1 atom stereocenters. The van der Waals surface area contributed by atoms with Gasteiger partial charge in [0.05, 0.1) is 5.56 Å². The van der Waals surface area contributed by atoms with Gasteiger partial charge in [0.1, 0.15) is 11.6 Å². The van der Waals surface area contributed by atoms with E-state index in [2.05, 4.69) is 0 Å². The Morgan fingerprint density at radius 1 is 1.00 bits per heavy atom. The maximum atomic E-state index is 13.8. The van der Waals surface area contributed by atoms with Gasteiger partial charge in [-0.3, -0.25) is 4.79 Å². The third-order valence-corrected chi connectivity index (χ3v) is 3.90. The Morgan fingerprint density at radius 3 is 2.45 bits per heavy atom. The highest BCUT2D eigenvalue weighted by Gasteiger charge is 2.30. The van der Waals surface area contributed by atoms with Crippen LogP contribution in [-0.2, 0) is 6.42 Å². The summed E-state index contributed by atoms with van der Waals surface area (Å²) in [5, 5.41) is 0. The summed E-state index contributed by atoms with van der Waals surface area (Å²) in [5.41, 5.74) is 1.61. The predicted octanol–water partition coefficient (Wildman–Crippen LogP) is 4.27. The van der Waals surface area contributed by atoms with E-state index in [9.17, 15) is 13.6 Å². The number of carbonyl (C=O) groups excluding carboxylic acids is 1. The highest BCUT2D eigenvalue weighted by Crippen LogP contribution is 2.34. The maximum Gasteiger partial charge on any atom is 0.176 e. The first-order valence-corrected chi connectivity index (χ1v) is 6.74. The number of halogens is 2. The first kappa shape index (κ1) is 13.0. The number of benzene rings is 2. The largest absolute Gasteiger partial charge is 0.293 e. The summed E-state index contributed by atoms with van der Waals surface area (Å²) < 4.78 is 27.5. The zero-order valence-electron chi connectivity index (χ0n) is 10.9. The van der Waals surface area contributed by atoms with E-state index in [4.69, 9.17) is 0 Å². The number of aryl methyl sites for hydroxylation is 1. The van der Waals surface area contributed by atoms with Gasteiger partial charge in [0.2, 0.25) is 0 Å². The van der Waals surface area contributed by atoms with Gasteiger partial charge in [0, 0.05) is 5.92 Å². The van der Waals surface area contributed by atoms with Gasteiger partial charge in [0.25, 0.3) is 0 Å². The summed E-state index contributed by atoms with van der Waals surface area (Å²) in [6.07, 6.45) is 2.42. The summed E-state index contributed by atoms with van der Waals surface area (Å²) in [6, 6.07) is 11.2. The van der Waals surface area contributed by atoms with Gasteiger partial charge in [-0.2, -0.15) is 0 Å². The van der Waals surface area contributed by atoms with Crippen molar-refractivity contribution in [3.63, 3.8) is 0 Å². The van der Waals surface area contributed by atoms with Crippen LogP contribution in [0.2, 0.25) is 0 Å². The van der Waals surface area contributed by atoms with Gasteiger partial charge in [-0.05, 0) is 42.5 Å². The second-order valence-corrected chi connectivity index (χ2v) is 5.10. The molecule has 1 unspecified atom stereocenters. The Labute approximate surface area is 116 Å². The molecular formula is C17H14F2O.